The average Bonchev–Trinajstić information content (AvgIpc) is 2.67. The van der Waals surface area contributed by atoms with Gasteiger partial charge in [0.15, 0.2) is 0 Å². The van der Waals surface area contributed by atoms with Crippen LogP contribution < -0.4 is 5.32 Å². The van der Waals surface area contributed by atoms with Crippen LogP contribution >= 0.6 is 0 Å². The summed E-state index contributed by atoms with van der Waals surface area (Å²) in [5, 5.41) is 3.41. The lowest BCUT2D eigenvalue weighted by atomic mass is 10.2. The fourth-order valence-corrected chi connectivity index (χ4v) is 1.04. The molecule has 0 amide bonds. The molecule has 13 heavy (non-hydrogen) atoms. The van der Waals surface area contributed by atoms with Crippen molar-refractivity contribution in [2.75, 3.05) is 19.8 Å². The normalized spacial score (nSPS) is 19.8. The van der Waals surface area contributed by atoms with Crippen LogP contribution in [-0.4, -0.2) is 25.8 Å². The van der Waals surface area contributed by atoms with Crippen LogP contribution in [0.4, 0.5) is 0 Å². The van der Waals surface area contributed by atoms with E-state index in [0.717, 1.165) is 19.8 Å². The van der Waals surface area contributed by atoms with Crippen LogP contribution in [0, 0.1) is 11.8 Å². The summed E-state index contributed by atoms with van der Waals surface area (Å²) in [7, 11) is 0. The Bertz CT molecular complexity index is 145. The number of rotatable bonds is 3. The highest BCUT2D eigenvalue weighted by Crippen LogP contribution is 2.02. The van der Waals surface area contributed by atoms with Gasteiger partial charge in [-0.2, -0.15) is 0 Å². The Kier molecular flexibility index (Phi) is 9.18. The Morgan fingerprint density at radius 1 is 1.38 bits per heavy atom. The third kappa shape index (κ3) is 7.83. The van der Waals surface area contributed by atoms with Crippen LogP contribution in [0.1, 0.15) is 33.6 Å². The number of ether oxygens (including phenoxy) is 1. The van der Waals surface area contributed by atoms with Gasteiger partial charge >= 0.3 is 0 Å². The summed E-state index contributed by atoms with van der Waals surface area (Å²) in [4.78, 5) is 0. The second kappa shape index (κ2) is 9.57. The molecule has 0 saturated carbocycles. The van der Waals surface area contributed by atoms with Crippen molar-refractivity contribution in [1.29, 1.82) is 0 Å². The maximum Gasteiger partial charge on any atom is 0.0620 e. The molecule has 1 aliphatic heterocycles. The van der Waals surface area contributed by atoms with Gasteiger partial charge < -0.3 is 10.1 Å². The van der Waals surface area contributed by atoms with Crippen molar-refractivity contribution in [1.82, 2.24) is 5.32 Å². The van der Waals surface area contributed by atoms with E-state index in [0.29, 0.717) is 6.04 Å². The van der Waals surface area contributed by atoms with Crippen LogP contribution in [-0.2, 0) is 4.74 Å². The largest absolute Gasteiger partial charge is 0.380 e. The highest BCUT2D eigenvalue weighted by molar-refractivity contribution is 4.89. The Balaban J connectivity index is 0.000000310. The smallest absolute Gasteiger partial charge is 0.0620 e. The summed E-state index contributed by atoms with van der Waals surface area (Å²) < 4.78 is 5.19. The molecule has 0 aromatic carbocycles. The SMILES string of the molecule is CC#CC.CCCNC1CCOC1. The fraction of sp³-hybridized carbons (Fsp3) is 0.818. The third-order valence-electron chi connectivity index (χ3n) is 1.86. The fourth-order valence-electron chi connectivity index (χ4n) is 1.04. The van der Waals surface area contributed by atoms with E-state index in [1.807, 2.05) is 13.8 Å². The molecule has 2 heteroatoms. The lowest BCUT2D eigenvalue weighted by Crippen LogP contribution is -2.29. The molecule has 0 bridgehead atoms. The van der Waals surface area contributed by atoms with Crippen LogP contribution in [0.25, 0.3) is 0 Å². The predicted octanol–water partition coefficient (Wildman–Crippen LogP) is 1.80. The summed E-state index contributed by atoms with van der Waals surface area (Å²) in [5.41, 5.74) is 0. The molecule has 1 rings (SSSR count). The number of hydrogen-bond acceptors (Lipinski definition) is 2. The summed E-state index contributed by atoms with van der Waals surface area (Å²) in [6, 6.07) is 0.643. The monoisotopic (exact) mass is 183 g/mol. The molecule has 1 heterocycles. The minimum absolute atomic E-state index is 0.643. The zero-order valence-electron chi connectivity index (χ0n) is 9.02. The van der Waals surface area contributed by atoms with Crippen molar-refractivity contribution in [3.63, 3.8) is 0 Å². The first-order valence-electron chi connectivity index (χ1n) is 4.99. The molecule has 1 fully saturated rings. The van der Waals surface area contributed by atoms with E-state index in [1.165, 1.54) is 12.8 Å². The van der Waals surface area contributed by atoms with Crippen molar-refractivity contribution < 1.29 is 4.74 Å². The summed E-state index contributed by atoms with van der Waals surface area (Å²) in [6.45, 7) is 8.82. The van der Waals surface area contributed by atoms with E-state index in [9.17, 15) is 0 Å². The Hall–Kier alpha value is -0.520. The molecule has 0 radical (unpaired) electrons. The molecule has 76 valence electrons. The summed E-state index contributed by atoms with van der Waals surface area (Å²) >= 11 is 0. The quantitative estimate of drug-likeness (QED) is 0.674. The molecule has 1 aliphatic rings. The van der Waals surface area contributed by atoms with E-state index < -0.39 is 0 Å². The molecule has 0 aromatic rings. The first kappa shape index (κ1) is 12.5. The minimum atomic E-state index is 0.643. The minimum Gasteiger partial charge on any atom is -0.380 e. The lowest BCUT2D eigenvalue weighted by Gasteiger charge is -2.07. The van der Waals surface area contributed by atoms with Crippen molar-refractivity contribution in [2.24, 2.45) is 0 Å². The maximum absolute atomic E-state index is 5.19. The Morgan fingerprint density at radius 3 is 2.46 bits per heavy atom. The zero-order valence-corrected chi connectivity index (χ0v) is 9.02. The van der Waals surface area contributed by atoms with E-state index >= 15 is 0 Å². The van der Waals surface area contributed by atoms with E-state index in [2.05, 4.69) is 24.1 Å². The van der Waals surface area contributed by atoms with E-state index in [4.69, 9.17) is 4.74 Å². The van der Waals surface area contributed by atoms with Crippen molar-refractivity contribution in [3.8, 4) is 11.8 Å². The topological polar surface area (TPSA) is 21.3 Å². The maximum atomic E-state index is 5.19. The number of hydrogen-bond donors (Lipinski definition) is 1. The van der Waals surface area contributed by atoms with Gasteiger partial charge in [-0.05, 0) is 33.2 Å². The second-order valence-corrected chi connectivity index (χ2v) is 3.01. The van der Waals surface area contributed by atoms with Crippen molar-refractivity contribution in [3.05, 3.63) is 0 Å². The Morgan fingerprint density at radius 2 is 2.08 bits per heavy atom. The van der Waals surface area contributed by atoms with Crippen molar-refractivity contribution in [2.45, 2.75) is 39.7 Å². The molecular formula is C11H21NO. The van der Waals surface area contributed by atoms with E-state index in [1.54, 1.807) is 0 Å². The van der Waals surface area contributed by atoms with Crippen LogP contribution in [0.15, 0.2) is 0 Å². The number of nitrogens with one attached hydrogen (secondary N) is 1. The van der Waals surface area contributed by atoms with Crippen LogP contribution in [0.2, 0.25) is 0 Å². The molecule has 2 nitrogen and oxygen atoms in total. The molecule has 1 unspecified atom stereocenters. The van der Waals surface area contributed by atoms with Gasteiger partial charge in [-0.15, -0.1) is 11.8 Å². The van der Waals surface area contributed by atoms with Gasteiger partial charge in [-0.3, -0.25) is 0 Å². The summed E-state index contributed by atoms with van der Waals surface area (Å²) in [6.07, 6.45) is 2.41. The van der Waals surface area contributed by atoms with Crippen molar-refractivity contribution >= 4 is 0 Å². The van der Waals surface area contributed by atoms with Gasteiger partial charge in [0, 0.05) is 12.6 Å². The Labute approximate surface area is 82.1 Å². The molecule has 1 N–H and O–H groups in total. The highest BCUT2D eigenvalue weighted by atomic mass is 16.5. The van der Waals surface area contributed by atoms with Gasteiger partial charge in [0.25, 0.3) is 0 Å². The van der Waals surface area contributed by atoms with Gasteiger partial charge in [-0.25, -0.2) is 0 Å². The second-order valence-electron chi connectivity index (χ2n) is 3.01. The van der Waals surface area contributed by atoms with Gasteiger partial charge in [0.2, 0.25) is 0 Å². The summed E-state index contributed by atoms with van der Waals surface area (Å²) in [5.74, 6) is 5.36. The standard InChI is InChI=1S/C7H15NO.C4H6/c1-2-4-8-7-3-5-9-6-7;1-3-4-2/h7-8H,2-6H2,1H3;1-2H3. The highest BCUT2D eigenvalue weighted by Gasteiger charge is 2.12. The first-order valence-corrected chi connectivity index (χ1v) is 4.99. The molecule has 0 spiro atoms. The molecule has 1 atom stereocenters. The van der Waals surface area contributed by atoms with Crippen LogP contribution in [0.3, 0.4) is 0 Å². The first-order chi connectivity index (χ1) is 6.35. The molecular weight excluding hydrogens is 162 g/mol. The predicted molar refractivity (Wildman–Crippen MR) is 56.6 cm³/mol. The molecule has 0 aliphatic carbocycles. The van der Waals surface area contributed by atoms with Gasteiger partial charge in [0.1, 0.15) is 0 Å². The zero-order chi connectivity index (χ0) is 9.94. The molecule has 0 aromatic heterocycles. The van der Waals surface area contributed by atoms with Gasteiger partial charge in [0.05, 0.1) is 6.61 Å². The van der Waals surface area contributed by atoms with Crippen LogP contribution in [0.5, 0.6) is 0 Å². The lowest BCUT2D eigenvalue weighted by molar-refractivity contribution is 0.190. The molecule has 1 saturated heterocycles. The average molecular weight is 183 g/mol. The van der Waals surface area contributed by atoms with E-state index in [-0.39, 0.29) is 0 Å². The third-order valence-corrected chi connectivity index (χ3v) is 1.86. The van der Waals surface area contributed by atoms with Gasteiger partial charge in [-0.1, -0.05) is 6.92 Å².